The molecule has 1 N–H and O–H groups in total. The van der Waals surface area contributed by atoms with Crippen molar-refractivity contribution in [3.63, 3.8) is 0 Å². The number of hydrogen-bond acceptors (Lipinski definition) is 4. The molecule has 1 amide bonds. The highest BCUT2D eigenvalue weighted by atomic mass is 32.2. The molecule has 6 nitrogen and oxygen atoms in total. The zero-order chi connectivity index (χ0) is 10.2. The zero-order valence-corrected chi connectivity index (χ0v) is 7.49. The lowest BCUT2D eigenvalue weighted by Gasteiger charge is -2.17. The lowest BCUT2D eigenvalue weighted by molar-refractivity contribution is 0.142. The van der Waals surface area contributed by atoms with Crippen molar-refractivity contribution >= 4 is 16.4 Å². The summed E-state index contributed by atoms with van der Waals surface area (Å²) in [6.07, 6.45) is -3.32. The first-order chi connectivity index (χ1) is 5.86. The highest BCUT2D eigenvalue weighted by molar-refractivity contribution is 7.85. The Kier molecular flexibility index (Phi) is 2.44. The first kappa shape index (κ1) is 10.2. The molecule has 0 spiro atoms. The number of alkyl halides is 1. The second-order valence-electron chi connectivity index (χ2n) is 2.57. The summed E-state index contributed by atoms with van der Waals surface area (Å²) in [7, 11) is -4.29. The van der Waals surface area contributed by atoms with Crippen LogP contribution in [0.3, 0.4) is 0 Å². The van der Waals surface area contributed by atoms with Crippen LogP contribution in [0.2, 0.25) is 0 Å². The molecule has 0 saturated carbocycles. The Balaban J connectivity index is 3.00. The second kappa shape index (κ2) is 3.11. The number of hydrogen-bond donors (Lipinski definition) is 1. The van der Waals surface area contributed by atoms with Gasteiger partial charge in [0.15, 0.2) is 0 Å². The molecule has 1 rings (SSSR count). The van der Waals surface area contributed by atoms with Crippen LogP contribution in [0.1, 0.15) is 6.92 Å². The maximum Gasteiger partial charge on any atom is 0.423 e. The molecule has 8 heteroatoms. The number of carbonyl (C=O) groups is 1. The van der Waals surface area contributed by atoms with E-state index in [1.807, 2.05) is 0 Å². The molecule has 1 fully saturated rings. The van der Waals surface area contributed by atoms with Crippen LogP contribution in [-0.2, 0) is 14.5 Å². The lowest BCUT2D eigenvalue weighted by atomic mass is 10.2. The summed E-state index contributed by atoms with van der Waals surface area (Å²) in [5, 5.41) is 8.47. The summed E-state index contributed by atoms with van der Waals surface area (Å²) in [6.45, 7) is 0.608. The van der Waals surface area contributed by atoms with Gasteiger partial charge in [-0.2, -0.15) is 12.7 Å². The van der Waals surface area contributed by atoms with Crippen LogP contribution in [0.25, 0.3) is 0 Å². The second-order valence-corrected chi connectivity index (χ2v) is 4.05. The standard InChI is InChI=1S/C5H8FNO5S/c1-3(6)4-2-12-13(10,11)7(4)5(8)9/h3-4H,2H2,1H3,(H,8,9)/t3-,4?/m1/s1. The molecule has 1 aliphatic rings. The maximum atomic E-state index is 12.7. The Labute approximate surface area is 74.2 Å². The Bertz CT molecular complexity index is 313. The van der Waals surface area contributed by atoms with Gasteiger partial charge in [0.1, 0.15) is 12.2 Å². The third-order valence-electron chi connectivity index (χ3n) is 1.65. The number of nitrogens with zero attached hydrogens (tertiary/aromatic N) is 1. The van der Waals surface area contributed by atoms with Gasteiger partial charge in [0.25, 0.3) is 0 Å². The van der Waals surface area contributed by atoms with Crippen molar-refractivity contribution in [3.8, 4) is 0 Å². The molecule has 1 unspecified atom stereocenters. The minimum Gasteiger partial charge on any atom is -0.464 e. The average Bonchev–Trinajstić information content (AvgIpc) is 2.24. The van der Waals surface area contributed by atoms with Gasteiger partial charge >= 0.3 is 16.4 Å². The van der Waals surface area contributed by atoms with E-state index in [9.17, 15) is 17.6 Å². The van der Waals surface area contributed by atoms with Crippen molar-refractivity contribution in [2.24, 2.45) is 0 Å². The largest absolute Gasteiger partial charge is 0.464 e. The van der Waals surface area contributed by atoms with Crippen LogP contribution in [0.5, 0.6) is 0 Å². The van der Waals surface area contributed by atoms with Crippen molar-refractivity contribution in [2.45, 2.75) is 19.1 Å². The molecule has 0 aromatic carbocycles. The van der Waals surface area contributed by atoms with Crippen LogP contribution >= 0.6 is 0 Å². The number of amides is 1. The molecule has 13 heavy (non-hydrogen) atoms. The molecule has 0 radical (unpaired) electrons. The minimum absolute atomic E-state index is 0.00231. The van der Waals surface area contributed by atoms with Gasteiger partial charge in [-0.3, -0.25) is 4.18 Å². The van der Waals surface area contributed by atoms with Gasteiger partial charge in [0.2, 0.25) is 0 Å². The molecule has 76 valence electrons. The van der Waals surface area contributed by atoms with E-state index in [2.05, 4.69) is 4.18 Å². The summed E-state index contributed by atoms with van der Waals surface area (Å²) < 4.78 is 38.6. The molecular weight excluding hydrogens is 205 g/mol. The Hall–Kier alpha value is -0.890. The third-order valence-corrected chi connectivity index (χ3v) is 2.99. The lowest BCUT2D eigenvalue weighted by Crippen LogP contribution is -2.42. The van der Waals surface area contributed by atoms with E-state index in [0.29, 0.717) is 0 Å². The minimum atomic E-state index is -4.29. The monoisotopic (exact) mass is 213 g/mol. The number of rotatable bonds is 1. The topological polar surface area (TPSA) is 83.9 Å². The van der Waals surface area contributed by atoms with E-state index < -0.39 is 35.2 Å². The van der Waals surface area contributed by atoms with E-state index in [0.717, 1.165) is 6.92 Å². The van der Waals surface area contributed by atoms with E-state index in [1.54, 1.807) is 0 Å². The fourth-order valence-electron chi connectivity index (χ4n) is 1.00. The number of halogens is 1. The van der Waals surface area contributed by atoms with Crippen molar-refractivity contribution < 1.29 is 26.9 Å². The fraction of sp³-hybridized carbons (Fsp3) is 0.800. The van der Waals surface area contributed by atoms with Crippen LogP contribution in [-0.4, -0.2) is 42.7 Å². The summed E-state index contributed by atoms with van der Waals surface area (Å²) in [6, 6.07) is -1.28. The zero-order valence-electron chi connectivity index (χ0n) is 6.68. The average molecular weight is 213 g/mol. The molecule has 1 heterocycles. The Morgan fingerprint density at radius 1 is 1.77 bits per heavy atom. The molecule has 0 bridgehead atoms. The molecule has 2 atom stereocenters. The fourth-order valence-corrected chi connectivity index (χ4v) is 2.18. The van der Waals surface area contributed by atoms with Crippen molar-refractivity contribution in [2.75, 3.05) is 6.61 Å². The smallest absolute Gasteiger partial charge is 0.423 e. The molecular formula is C5H8FNO5S. The molecule has 1 saturated heterocycles. The van der Waals surface area contributed by atoms with E-state index >= 15 is 0 Å². The molecule has 0 aliphatic carbocycles. The van der Waals surface area contributed by atoms with Gasteiger partial charge < -0.3 is 5.11 Å². The van der Waals surface area contributed by atoms with Gasteiger partial charge in [-0.25, -0.2) is 9.18 Å². The van der Waals surface area contributed by atoms with Gasteiger partial charge in [0, 0.05) is 0 Å². The van der Waals surface area contributed by atoms with Gasteiger partial charge in [-0.15, -0.1) is 0 Å². The molecule has 0 aromatic heterocycles. The SMILES string of the molecule is C[C@@H](F)C1COS(=O)(=O)N1C(=O)O. The Morgan fingerprint density at radius 2 is 2.31 bits per heavy atom. The Morgan fingerprint density at radius 3 is 2.62 bits per heavy atom. The summed E-state index contributed by atoms with van der Waals surface area (Å²) in [5.41, 5.74) is 0. The third kappa shape index (κ3) is 1.73. The first-order valence-electron chi connectivity index (χ1n) is 3.42. The highest BCUT2D eigenvalue weighted by Gasteiger charge is 2.45. The van der Waals surface area contributed by atoms with Crippen molar-refractivity contribution in [3.05, 3.63) is 0 Å². The summed E-state index contributed by atoms with van der Waals surface area (Å²) in [4.78, 5) is 10.4. The predicted molar refractivity (Wildman–Crippen MR) is 39.1 cm³/mol. The predicted octanol–water partition coefficient (Wildman–Crippen LogP) is -0.0320. The van der Waals surface area contributed by atoms with Crippen LogP contribution in [0.15, 0.2) is 0 Å². The van der Waals surface area contributed by atoms with Crippen molar-refractivity contribution in [1.29, 1.82) is 0 Å². The van der Waals surface area contributed by atoms with E-state index in [4.69, 9.17) is 5.11 Å². The quantitative estimate of drug-likeness (QED) is 0.661. The summed E-state index contributed by atoms with van der Waals surface area (Å²) >= 11 is 0. The first-order valence-corrected chi connectivity index (χ1v) is 4.78. The van der Waals surface area contributed by atoms with E-state index in [1.165, 1.54) is 0 Å². The molecule has 0 aromatic rings. The maximum absolute atomic E-state index is 12.7. The number of carboxylic acid groups (broad SMARTS) is 1. The highest BCUT2D eigenvalue weighted by Crippen LogP contribution is 2.22. The van der Waals surface area contributed by atoms with Gasteiger partial charge in [0.05, 0.1) is 6.61 Å². The normalized spacial score (nSPS) is 28.8. The van der Waals surface area contributed by atoms with Crippen LogP contribution in [0, 0.1) is 0 Å². The van der Waals surface area contributed by atoms with Crippen LogP contribution < -0.4 is 0 Å². The van der Waals surface area contributed by atoms with Crippen LogP contribution in [0.4, 0.5) is 9.18 Å². The van der Waals surface area contributed by atoms with Crippen molar-refractivity contribution in [1.82, 2.24) is 4.31 Å². The molecule has 1 aliphatic heterocycles. The summed E-state index contributed by atoms with van der Waals surface area (Å²) in [5.74, 6) is 0. The van der Waals surface area contributed by atoms with Gasteiger partial charge in [-0.1, -0.05) is 0 Å². The van der Waals surface area contributed by atoms with E-state index in [-0.39, 0.29) is 4.31 Å². The van der Waals surface area contributed by atoms with Gasteiger partial charge in [-0.05, 0) is 6.92 Å².